The van der Waals surface area contributed by atoms with E-state index >= 15 is 0 Å². The van der Waals surface area contributed by atoms with Gasteiger partial charge in [0.1, 0.15) is 5.82 Å². The summed E-state index contributed by atoms with van der Waals surface area (Å²) < 4.78 is 13.4. The average molecular weight is 253 g/mol. The van der Waals surface area contributed by atoms with Crippen LogP contribution in [0.15, 0.2) is 24.3 Å². The number of halogens is 1. The van der Waals surface area contributed by atoms with E-state index in [2.05, 4.69) is 0 Å². The first-order chi connectivity index (χ1) is 8.13. The van der Waals surface area contributed by atoms with E-state index in [1.54, 1.807) is 25.1 Å². The van der Waals surface area contributed by atoms with Crippen LogP contribution in [-0.4, -0.2) is 10.9 Å². The molecule has 0 bridgehead atoms. The van der Waals surface area contributed by atoms with Crippen molar-refractivity contribution in [3.63, 3.8) is 0 Å². The first-order valence-corrected chi connectivity index (χ1v) is 6.40. The Bertz CT molecular complexity index is 418. The molecule has 0 aromatic heterocycles. The van der Waals surface area contributed by atoms with Crippen molar-refractivity contribution in [3.05, 3.63) is 41.2 Å². The Balaban J connectivity index is 2.55. The van der Waals surface area contributed by atoms with Crippen molar-refractivity contribution >= 4 is 23.0 Å². The van der Waals surface area contributed by atoms with Gasteiger partial charge in [-0.15, -0.1) is 0 Å². The highest BCUT2D eigenvalue weighted by atomic mass is 32.2. The number of carbonyl (C=O) groups excluding carboxylic acids is 1. The third-order valence-electron chi connectivity index (χ3n) is 2.18. The topological polar surface area (TPSA) is 43.1 Å². The zero-order chi connectivity index (χ0) is 12.7. The molecule has 1 aromatic rings. The van der Waals surface area contributed by atoms with E-state index < -0.39 is 0 Å². The number of carbonyl (C=O) groups is 1. The minimum atomic E-state index is -0.252. The fraction of sp³-hybridized carbons (Fsp3) is 0.308. The van der Waals surface area contributed by atoms with E-state index in [4.69, 9.17) is 5.73 Å². The summed E-state index contributed by atoms with van der Waals surface area (Å²) in [4.78, 5) is 10.7. The van der Waals surface area contributed by atoms with Gasteiger partial charge in [-0.05, 0) is 24.1 Å². The lowest BCUT2D eigenvalue weighted by Crippen LogP contribution is -1.97. The van der Waals surface area contributed by atoms with Crippen LogP contribution in [0, 0.1) is 5.82 Å². The van der Waals surface area contributed by atoms with E-state index in [1.807, 2.05) is 6.08 Å². The van der Waals surface area contributed by atoms with Crippen LogP contribution in [0.25, 0.3) is 6.08 Å². The molecule has 0 aliphatic heterocycles. The molecule has 0 aliphatic carbocycles. The molecule has 1 aromatic carbocycles. The second kappa shape index (κ2) is 7.25. The molecule has 0 radical (unpaired) electrons. The van der Waals surface area contributed by atoms with Gasteiger partial charge in [-0.25, -0.2) is 4.39 Å². The van der Waals surface area contributed by atoms with Gasteiger partial charge in [0, 0.05) is 24.8 Å². The van der Waals surface area contributed by atoms with Crippen LogP contribution in [0.1, 0.15) is 24.5 Å². The van der Waals surface area contributed by atoms with E-state index in [1.165, 1.54) is 17.8 Å². The molecule has 2 nitrogen and oxygen atoms in total. The molecular formula is C13H16FNOS. The van der Waals surface area contributed by atoms with Crippen molar-refractivity contribution < 1.29 is 9.18 Å². The standard InChI is InChI=1S/C13H16FNOS/c1-10(16)17-7-3-2-4-12-8-11(9-15)5-6-13(12)14/h2,4-6,8H,3,7,9,15H2,1H3. The largest absolute Gasteiger partial charge is 0.326 e. The maximum absolute atomic E-state index is 13.4. The molecule has 0 aliphatic rings. The quantitative estimate of drug-likeness (QED) is 0.820. The molecular weight excluding hydrogens is 237 g/mol. The number of rotatable bonds is 5. The van der Waals surface area contributed by atoms with Gasteiger partial charge >= 0.3 is 0 Å². The van der Waals surface area contributed by atoms with Gasteiger partial charge in [0.05, 0.1) is 0 Å². The Labute approximate surface area is 105 Å². The normalized spacial score (nSPS) is 11.0. The summed E-state index contributed by atoms with van der Waals surface area (Å²) in [6, 6.07) is 4.84. The third-order valence-corrected chi connectivity index (χ3v) is 3.03. The van der Waals surface area contributed by atoms with Crippen LogP contribution in [-0.2, 0) is 11.3 Å². The predicted octanol–water partition coefficient (Wildman–Crippen LogP) is 2.97. The molecule has 0 amide bonds. The van der Waals surface area contributed by atoms with Crippen molar-refractivity contribution in [1.82, 2.24) is 0 Å². The number of nitrogens with two attached hydrogens (primary N) is 1. The van der Waals surface area contributed by atoms with Gasteiger partial charge in [0.25, 0.3) is 0 Å². The molecule has 0 unspecified atom stereocenters. The van der Waals surface area contributed by atoms with Crippen LogP contribution < -0.4 is 5.73 Å². The van der Waals surface area contributed by atoms with Crippen LogP contribution in [0.4, 0.5) is 4.39 Å². The van der Waals surface area contributed by atoms with Gasteiger partial charge < -0.3 is 5.73 Å². The van der Waals surface area contributed by atoms with E-state index in [-0.39, 0.29) is 10.9 Å². The van der Waals surface area contributed by atoms with Crippen molar-refractivity contribution in [2.24, 2.45) is 5.73 Å². The molecule has 2 N–H and O–H groups in total. The number of benzene rings is 1. The lowest BCUT2D eigenvalue weighted by atomic mass is 10.1. The lowest BCUT2D eigenvalue weighted by Gasteiger charge is -2.00. The molecule has 0 spiro atoms. The minimum absolute atomic E-state index is 0.106. The summed E-state index contributed by atoms with van der Waals surface area (Å²) in [5.41, 5.74) is 6.94. The first kappa shape index (κ1) is 13.9. The average Bonchev–Trinajstić information content (AvgIpc) is 2.30. The molecule has 0 saturated heterocycles. The number of allylic oxidation sites excluding steroid dienone is 1. The summed E-state index contributed by atoms with van der Waals surface area (Å²) in [7, 11) is 0. The molecule has 1 rings (SSSR count). The van der Waals surface area contributed by atoms with E-state index in [9.17, 15) is 9.18 Å². The van der Waals surface area contributed by atoms with Crippen LogP contribution in [0.5, 0.6) is 0 Å². The number of hydrogen-bond donors (Lipinski definition) is 1. The van der Waals surface area contributed by atoms with Crippen LogP contribution in [0.2, 0.25) is 0 Å². The lowest BCUT2D eigenvalue weighted by molar-refractivity contribution is -0.109. The Hall–Kier alpha value is -1.13. The maximum Gasteiger partial charge on any atom is 0.185 e. The maximum atomic E-state index is 13.4. The van der Waals surface area contributed by atoms with Gasteiger partial charge in [-0.1, -0.05) is 30.0 Å². The number of thioether (sulfide) groups is 1. The van der Waals surface area contributed by atoms with Crippen molar-refractivity contribution in [2.75, 3.05) is 5.75 Å². The summed E-state index contributed by atoms with van der Waals surface area (Å²) in [5.74, 6) is 0.474. The molecule has 4 heteroatoms. The fourth-order valence-corrected chi connectivity index (χ4v) is 1.87. The molecule has 0 atom stereocenters. The summed E-state index contributed by atoms with van der Waals surface area (Å²) in [6.07, 6.45) is 4.35. The Morgan fingerprint density at radius 1 is 1.53 bits per heavy atom. The van der Waals surface area contributed by atoms with Gasteiger partial charge in [-0.3, -0.25) is 4.79 Å². The van der Waals surface area contributed by atoms with Crippen LogP contribution in [0.3, 0.4) is 0 Å². The zero-order valence-electron chi connectivity index (χ0n) is 9.78. The third kappa shape index (κ3) is 5.15. The summed E-state index contributed by atoms with van der Waals surface area (Å²) >= 11 is 1.27. The highest BCUT2D eigenvalue weighted by Crippen LogP contribution is 2.13. The smallest absolute Gasteiger partial charge is 0.185 e. The van der Waals surface area contributed by atoms with Crippen molar-refractivity contribution in [3.8, 4) is 0 Å². The Morgan fingerprint density at radius 3 is 2.94 bits per heavy atom. The van der Waals surface area contributed by atoms with Gasteiger partial charge in [0.2, 0.25) is 0 Å². The summed E-state index contributed by atoms with van der Waals surface area (Å²) in [5, 5.41) is 0.106. The van der Waals surface area contributed by atoms with Crippen LogP contribution >= 0.6 is 11.8 Å². The Kier molecular flexibility index (Phi) is 5.94. The first-order valence-electron chi connectivity index (χ1n) is 5.42. The van der Waals surface area contributed by atoms with Crippen molar-refractivity contribution in [2.45, 2.75) is 19.9 Å². The SMILES string of the molecule is CC(=O)SCCC=Cc1cc(CN)ccc1F. The summed E-state index contributed by atoms with van der Waals surface area (Å²) in [6.45, 7) is 1.94. The molecule has 0 heterocycles. The zero-order valence-corrected chi connectivity index (χ0v) is 10.6. The molecule has 0 saturated carbocycles. The van der Waals surface area contributed by atoms with E-state index in [0.29, 0.717) is 12.1 Å². The molecule has 92 valence electrons. The minimum Gasteiger partial charge on any atom is -0.326 e. The second-order valence-corrected chi connectivity index (χ2v) is 4.86. The highest BCUT2D eigenvalue weighted by molar-refractivity contribution is 8.13. The van der Waals surface area contributed by atoms with Gasteiger partial charge in [-0.2, -0.15) is 0 Å². The Morgan fingerprint density at radius 2 is 2.29 bits per heavy atom. The monoisotopic (exact) mass is 253 g/mol. The van der Waals surface area contributed by atoms with E-state index in [0.717, 1.165) is 17.7 Å². The second-order valence-electron chi connectivity index (χ2n) is 3.59. The fourth-order valence-electron chi connectivity index (χ4n) is 1.33. The number of hydrogen-bond acceptors (Lipinski definition) is 3. The molecule has 0 fully saturated rings. The predicted molar refractivity (Wildman–Crippen MR) is 71.1 cm³/mol. The van der Waals surface area contributed by atoms with Gasteiger partial charge in [0.15, 0.2) is 5.12 Å². The highest BCUT2D eigenvalue weighted by Gasteiger charge is 1.99. The molecule has 17 heavy (non-hydrogen) atoms. The van der Waals surface area contributed by atoms with Crippen molar-refractivity contribution in [1.29, 1.82) is 0 Å².